The molecule has 23 heavy (non-hydrogen) atoms. The van der Waals surface area contributed by atoms with Crippen molar-refractivity contribution in [2.45, 2.75) is 13.5 Å². The predicted molar refractivity (Wildman–Crippen MR) is 88.7 cm³/mol. The maximum atomic E-state index is 12.6. The van der Waals surface area contributed by atoms with E-state index in [0.717, 1.165) is 16.3 Å². The lowest BCUT2D eigenvalue weighted by molar-refractivity contribution is 0.0784. The monoisotopic (exact) mass is 307 g/mol. The van der Waals surface area contributed by atoms with Gasteiger partial charge in [-0.3, -0.25) is 9.78 Å². The van der Waals surface area contributed by atoms with Gasteiger partial charge in [0.05, 0.1) is 11.3 Å². The summed E-state index contributed by atoms with van der Waals surface area (Å²) < 4.78 is 0. The van der Waals surface area contributed by atoms with Crippen LogP contribution in [0.3, 0.4) is 0 Å². The molecule has 0 aliphatic carbocycles. The average Bonchev–Trinajstić information content (AvgIpc) is 2.54. The number of pyridine rings is 1. The van der Waals surface area contributed by atoms with Crippen LogP contribution in [0.1, 0.15) is 21.6 Å². The van der Waals surface area contributed by atoms with Gasteiger partial charge in [-0.15, -0.1) is 0 Å². The number of carbonyl (C=O) groups excluding carboxylic acids is 1. The Kier molecular flexibility index (Phi) is 3.89. The van der Waals surface area contributed by atoms with Crippen molar-refractivity contribution in [1.29, 1.82) is 0 Å². The van der Waals surface area contributed by atoms with Crippen LogP contribution in [-0.4, -0.2) is 32.8 Å². The molecule has 0 atom stereocenters. The van der Waals surface area contributed by atoms with Crippen LogP contribution in [0.2, 0.25) is 0 Å². The van der Waals surface area contributed by atoms with Crippen molar-refractivity contribution in [3.63, 3.8) is 0 Å². The highest BCUT2D eigenvalue weighted by atomic mass is 16.2. The third kappa shape index (κ3) is 2.96. The average molecular weight is 307 g/mol. The Bertz CT molecular complexity index is 872. The fourth-order valence-corrected chi connectivity index (χ4v) is 2.56. The second-order valence-electron chi connectivity index (χ2n) is 5.40. The summed E-state index contributed by atoms with van der Waals surface area (Å²) in [6, 6.07) is 7.94. The summed E-state index contributed by atoms with van der Waals surface area (Å²) in [4.78, 5) is 26.3. The molecule has 0 unspecified atom stereocenters. The number of benzene rings is 1. The van der Waals surface area contributed by atoms with E-state index in [1.807, 2.05) is 30.5 Å². The molecule has 3 rings (SSSR count). The summed E-state index contributed by atoms with van der Waals surface area (Å²) in [5.41, 5.74) is 7.64. The molecule has 2 heterocycles. The Hall–Kier alpha value is -3.02. The van der Waals surface area contributed by atoms with Crippen LogP contribution < -0.4 is 5.73 Å². The maximum absolute atomic E-state index is 12.6. The number of aryl methyl sites for hydroxylation is 1. The molecule has 0 fully saturated rings. The van der Waals surface area contributed by atoms with E-state index < -0.39 is 0 Å². The molecule has 2 aromatic heterocycles. The minimum absolute atomic E-state index is 0.131. The molecular formula is C17H17N5O. The summed E-state index contributed by atoms with van der Waals surface area (Å²) >= 11 is 0. The van der Waals surface area contributed by atoms with Crippen molar-refractivity contribution in [1.82, 2.24) is 19.9 Å². The normalized spacial score (nSPS) is 10.7. The number of anilines is 1. The number of fused-ring (bicyclic) bond motifs is 1. The molecule has 0 aliphatic rings. The lowest BCUT2D eigenvalue weighted by atomic mass is 10.1. The van der Waals surface area contributed by atoms with Crippen molar-refractivity contribution in [2.24, 2.45) is 0 Å². The lowest BCUT2D eigenvalue weighted by Crippen LogP contribution is -2.27. The summed E-state index contributed by atoms with van der Waals surface area (Å²) in [5, 5.41) is 2.14. The molecule has 0 saturated heterocycles. The number of hydrogen-bond donors (Lipinski definition) is 1. The van der Waals surface area contributed by atoms with Gasteiger partial charge in [-0.05, 0) is 23.9 Å². The quantitative estimate of drug-likeness (QED) is 0.801. The molecular weight excluding hydrogens is 290 g/mol. The molecule has 0 bridgehead atoms. The molecule has 2 N–H and O–H groups in total. The molecule has 1 amide bonds. The van der Waals surface area contributed by atoms with Crippen molar-refractivity contribution >= 4 is 22.6 Å². The Labute approximate surface area is 134 Å². The standard InChI is InChI=1S/C17H17N5O/c1-11-15(9-20-17(18)21-11)16(23)22(2)10-13-5-3-4-12-8-19-7-6-14(12)13/h3-9H,10H2,1-2H3,(H2,18,20,21). The molecule has 6 nitrogen and oxygen atoms in total. The van der Waals surface area contributed by atoms with Gasteiger partial charge in [0.1, 0.15) is 0 Å². The SMILES string of the molecule is Cc1nc(N)ncc1C(=O)N(C)Cc1cccc2cnccc12. The molecule has 0 aliphatic heterocycles. The number of nitrogen functional groups attached to an aromatic ring is 1. The van der Waals surface area contributed by atoms with Crippen molar-refractivity contribution in [3.8, 4) is 0 Å². The molecule has 3 aromatic rings. The second kappa shape index (κ2) is 6.00. The number of hydrogen-bond acceptors (Lipinski definition) is 5. The van der Waals surface area contributed by atoms with Crippen LogP contribution in [0, 0.1) is 6.92 Å². The van der Waals surface area contributed by atoms with Crippen LogP contribution in [0.25, 0.3) is 10.8 Å². The second-order valence-corrected chi connectivity index (χ2v) is 5.40. The maximum Gasteiger partial charge on any atom is 0.257 e. The predicted octanol–water partition coefficient (Wildman–Crippen LogP) is 2.19. The van der Waals surface area contributed by atoms with E-state index in [4.69, 9.17) is 5.73 Å². The zero-order valence-corrected chi connectivity index (χ0v) is 13.0. The number of aromatic nitrogens is 3. The van der Waals surface area contributed by atoms with E-state index in [1.54, 1.807) is 25.1 Å². The van der Waals surface area contributed by atoms with E-state index in [9.17, 15) is 4.79 Å². The molecule has 116 valence electrons. The summed E-state index contributed by atoms with van der Waals surface area (Å²) in [7, 11) is 1.76. The van der Waals surface area contributed by atoms with Crippen molar-refractivity contribution in [3.05, 3.63) is 59.7 Å². The fourth-order valence-electron chi connectivity index (χ4n) is 2.56. The summed E-state index contributed by atoms with van der Waals surface area (Å²) in [6.07, 6.45) is 5.05. The summed E-state index contributed by atoms with van der Waals surface area (Å²) in [6.45, 7) is 2.24. The first-order valence-electron chi connectivity index (χ1n) is 7.22. The van der Waals surface area contributed by atoms with E-state index >= 15 is 0 Å². The first kappa shape index (κ1) is 14.9. The molecule has 6 heteroatoms. The summed E-state index contributed by atoms with van der Waals surface area (Å²) in [5.74, 6) is 0.0387. The highest BCUT2D eigenvalue weighted by Gasteiger charge is 2.16. The number of amides is 1. The van der Waals surface area contributed by atoms with E-state index in [0.29, 0.717) is 17.8 Å². The smallest absolute Gasteiger partial charge is 0.257 e. The molecule has 1 aromatic carbocycles. The lowest BCUT2D eigenvalue weighted by Gasteiger charge is -2.19. The molecule has 0 saturated carbocycles. The Balaban J connectivity index is 1.88. The number of nitrogens with zero attached hydrogens (tertiary/aromatic N) is 4. The topological polar surface area (TPSA) is 85.0 Å². The number of nitrogens with two attached hydrogens (primary N) is 1. The van der Waals surface area contributed by atoms with Crippen LogP contribution in [0.15, 0.2) is 42.9 Å². The van der Waals surface area contributed by atoms with Gasteiger partial charge in [-0.2, -0.15) is 0 Å². The van der Waals surface area contributed by atoms with Crippen LogP contribution in [0.4, 0.5) is 5.95 Å². The zero-order chi connectivity index (χ0) is 16.4. The number of carbonyl (C=O) groups is 1. The minimum Gasteiger partial charge on any atom is -0.368 e. The van der Waals surface area contributed by atoms with Crippen molar-refractivity contribution < 1.29 is 4.79 Å². The van der Waals surface area contributed by atoms with Crippen molar-refractivity contribution in [2.75, 3.05) is 12.8 Å². The third-order valence-corrected chi connectivity index (χ3v) is 3.75. The van der Waals surface area contributed by atoms with Gasteiger partial charge in [0, 0.05) is 37.6 Å². The van der Waals surface area contributed by atoms with Gasteiger partial charge in [-0.1, -0.05) is 18.2 Å². The minimum atomic E-state index is -0.131. The molecule has 0 radical (unpaired) electrons. The third-order valence-electron chi connectivity index (χ3n) is 3.75. The van der Waals surface area contributed by atoms with Gasteiger partial charge in [-0.25, -0.2) is 9.97 Å². The zero-order valence-electron chi connectivity index (χ0n) is 13.0. The largest absolute Gasteiger partial charge is 0.368 e. The van der Waals surface area contributed by atoms with Gasteiger partial charge >= 0.3 is 0 Å². The Morgan fingerprint density at radius 2 is 2.09 bits per heavy atom. The molecule has 0 spiro atoms. The highest BCUT2D eigenvalue weighted by Crippen LogP contribution is 2.19. The van der Waals surface area contributed by atoms with Gasteiger partial charge in [0.2, 0.25) is 5.95 Å². The Morgan fingerprint density at radius 3 is 2.87 bits per heavy atom. The highest BCUT2D eigenvalue weighted by molar-refractivity contribution is 5.95. The van der Waals surface area contributed by atoms with Gasteiger partial charge in [0.15, 0.2) is 0 Å². The van der Waals surface area contributed by atoms with E-state index in [2.05, 4.69) is 15.0 Å². The Morgan fingerprint density at radius 1 is 1.26 bits per heavy atom. The van der Waals surface area contributed by atoms with Crippen LogP contribution in [0.5, 0.6) is 0 Å². The van der Waals surface area contributed by atoms with Crippen LogP contribution in [-0.2, 0) is 6.54 Å². The fraction of sp³-hybridized carbons (Fsp3) is 0.176. The first-order chi connectivity index (χ1) is 11.1. The van der Waals surface area contributed by atoms with Gasteiger partial charge in [0.25, 0.3) is 5.91 Å². The van der Waals surface area contributed by atoms with E-state index in [-0.39, 0.29) is 11.9 Å². The number of rotatable bonds is 3. The van der Waals surface area contributed by atoms with Crippen LogP contribution >= 0.6 is 0 Å². The first-order valence-corrected chi connectivity index (χ1v) is 7.22. The van der Waals surface area contributed by atoms with Gasteiger partial charge < -0.3 is 10.6 Å². The van der Waals surface area contributed by atoms with E-state index in [1.165, 1.54) is 6.20 Å².